The van der Waals surface area contributed by atoms with Crippen LogP contribution < -0.4 is 4.74 Å². The molecule has 6 heteroatoms. The van der Waals surface area contributed by atoms with Crippen LogP contribution in [0.4, 0.5) is 0 Å². The molecule has 4 rings (SSSR count). The fraction of sp³-hybridized carbons (Fsp3) is 0.360. The van der Waals surface area contributed by atoms with Gasteiger partial charge in [0, 0.05) is 30.7 Å². The van der Waals surface area contributed by atoms with Crippen molar-refractivity contribution in [3.05, 3.63) is 72.1 Å². The van der Waals surface area contributed by atoms with Crippen LogP contribution >= 0.6 is 0 Å². The fourth-order valence-corrected chi connectivity index (χ4v) is 4.16. The number of benzene rings is 1. The summed E-state index contributed by atoms with van der Waals surface area (Å²) in [6, 6.07) is 11.7. The van der Waals surface area contributed by atoms with E-state index in [0.717, 1.165) is 59.8 Å². The van der Waals surface area contributed by atoms with E-state index >= 15 is 0 Å². The average Bonchev–Trinajstić information content (AvgIpc) is 2.81. The number of likely N-dealkylation sites (tertiary alicyclic amines) is 1. The lowest BCUT2D eigenvalue weighted by atomic mass is 9.93. The third kappa shape index (κ3) is 4.90. The second kappa shape index (κ2) is 9.69. The monoisotopic (exact) mass is 416 g/mol. The molecule has 0 N–H and O–H groups in total. The molecule has 0 saturated carbocycles. The van der Waals surface area contributed by atoms with Crippen LogP contribution in [0, 0.1) is 6.92 Å². The molecule has 1 aliphatic rings. The Balaban J connectivity index is 1.61. The topological polar surface area (TPSA) is 68.2 Å². The van der Waals surface area contributed by atoms with Gasteiger partial charge in [-0.3, -0.25) is 9.78 Å². The minimum Gasteiger partial charge on any atom is -0.494 e. The highest BCUT2D eigenvalue weighted by molar-refractivity contribution is 5.80. The van der Waals surface area contributed by atoms with Crippen LogP contribution in [0.15, 0.2) is 55.0 Å². The van der Waals surface area contributed by atoms with Crippen molar-refractivity contribution in [2.75, 3.05) is 13.2 Å². The van der Waals surface area contributed by atoms with Crippen LogP contribution in [-0.2, 0) is 11.2 Å². The quantitative estimate of drug-likeness (QED) is 0.590. The second-order valence-corrected chi connectivity index (χ2v) is 7.80. The molecule has 1 saturated heterocycles. The number of hydrogen-bond acceptors (Lipinski definition) is 5. The molecule has 160 valence electrons. The van der Waals surface area contributed by atoms with E-state index < -0.39 is 0 Å². The first kappa shape index (κ1) is 21.0. The molecule has 1 fully saturated rings. The first-order valence-corrected chi connectivity index (χ1v) is 10.9. The Hall–Kier alpha value is -3.28. The molecular formula is C25H28N4O2. The molecular weight excluding hydrogens is 388 g/mol. The van der Waals surface area contributed by atoms with Crippen molar-refractivity contribution >= 4 is 5.91 Å². The number of ether oxygens (including phenoxy) is 1. The Morgan fingerprint density at radius 2 is 1.90 bits per heavy atom. The lowest BCUT2D eigenvalue weighted by Gasteiger charge is -2.36. The Kier molecular flexibility index (Phi) is 6.55. The van der Waals surface area contributed by atoms with E-state index in [4.69, 9.17) is 9.72 Å². The number of nitrogens with zero attached hydrogens (tertiary/aromatic N) is 4. The molecule has 0 radical (unpaired) electrons. The first-order chi connectivity index (χ1) is 15.2. The molecule has 1 aromatic carbocycles. The largest absolute Gasteiger partial charge is 0.494 e. The van der Waals surface area contributed by atoms with Crippen molar-refractivity contribution in [1.29, 1.82) is 0 Å². The van der Waals surface area contributed by atoms with Crippen LogP contribution in [0.1, 0.15) is 49.3 Å². The van der Waals surface area contributed by atoms with Crippen molar-refractivity contribution in [2.24, 2.45) is 0 Å². The molecule has 0 spiro atoms. The van der Waals surface area contributed by atoms with Gasteiger partial charge in [-0.2, -0.15) is 0 Å². The standard InChI is InChI=1S/C25H28N4O2/c1-3-31-21-9-7-19(8-10-21)16-24(30)29-15-5-4-6-23(29)25-22(17-27-18(2)28-25)20-11-13-26-14-12-20/h7-14,17,23H,3-6,15-16H2,1-2H3/t23-/m0/s1. The maximum Gasteiger partial charge on any atom is 0.227 e. The predicted molar refractivity (Wildman–Crippen MR) is 120 cm³/mol. The highest BCUT2D eigenvalue weighted by Crippen LogP contribution is 2.36. The average molecular weight is 417 g/mol. The van der Waals surface area contributed by atoms with Gasteiger partial charge in [0.15, 0.2) is 0 Å². The Morgan fingerprint density at radius 3 is 2.65 bits per heavy atom. The van der Waals surface area contributed by atoms with Gasteiger partial charge in [-0.1, -0.05) is 12.1 Å². The predicted octanol–water partition coefficient (Wildman–Crippen LogP) is 4.54. The lowest BCUT2D eigenvalue weighted by molar-refractivity contribution is -0.134. The molecule has 0 aliphatic carbocycles. The summed E-state index contributed by atoms with van der Waals surface area (Å²) in [6.07, 6.45) is 8.79. The zero-order chi connectivity index (χ0) is 21.6. The van der Waals surface area contributed by atoms with Crippen LogP contribution in [0.5, 0.6) is 5.75 Å². The van der Waals surface area contributed by atoms with E-state index in [-0.39, 0.29) is 11.9 Å². The number of carbonyl (C=O) groups is 1. The minimum absolute atomic E-state index is 0.0474. The summed E-state index contributed by atoms with van der Waals surface area (Å²) >= 11 is 0. The molecule has 2 aromatic heterocycles. The zero-order valence-electron chi connectivity index (χ0n) is 18.1. The Morgan fingerprint density at radius 1 is 1.13 bits per heavy atom. The highest BCUT2D eigenvalue weighted by atomic mass is 16.5. The maximum atomic E-state index is 13.3. The van der Waals surface area contributed by atoms with Gasteiger partial charge in [0.25, 0.3) is 0 Å². The van der Waals surface area contributed by atoms with Crippen molar-refractivity contribution < 1.29 is 9.53 Å². The molecule has 0 unspecified atom stereocenters. The van der Waals surface area contributed by atoms with Gasteiger partial charge >= 0.3 is 0 Å². The Bertz CT molecular complexity index is 1020. The van der Waals surface area contributed by atoms with Crippen LogP contribution in [-0.4, -0.2) is 38.9 Å². The normalized spacial score (nSPS) is 16.2. The van der Waals surface area contributed by atoms with Gasteiger partial charge in [-0.25, -0.2) is 9.97 Å². The van der Waals surface area contributed by atoms with E-state index in [1.165, 1.54) is 0 Å². The van der Waals surface area contributed by atoms with Crippen molar-refractivity contribution in [2.45, 2.75) is 45.6 Å². The number of piperidine rings is 1. The third-order valence-corrected chi connectivity index (χ3v) is 5.66. The molecule has 6 nitrogen and oxygen atoms in total. The highest BCUT2D eigenvalue weighted by Gasteiger charge is 2.31. The van der Waals surface area contributed by atoms with E-state index in [0.29, 0.717) is 13.0 Å². The lowest BCUT2D eigenvalue weighted by Crippen LogP contribution is -2.40. The van der Waals surface area contributed by atoms with Crippen molar-refractivity contribution in [3.8, 4) is 16.9 Å². The van der Waals surface area contributed by atoms with Gasteiger partial charge in [-0.05, 0) is 68.5 Å². The van der Waals surface area contributed by atoms with Gasteiger partial charge in [0.2, 0.25) is 5.91 Å². The molecule has 31 heavy (non-hydrogen) atoms. The number of amides is 1. The van der Waals surface area contributed by atoms with Crippen molar-refractivity contribution in [3.63, 3.8) is 0 Å². The summed E-state index contributed by atoms with van der Waals surface area (Å²) in [5, 5.41) is 0. The molecule has 1 amide bonds. The SMILES string of the molecule is CCOc1ccc(CC(=O)N2CCCC[C@H]2c2nc(C)ncc2-c2ccncc2)cc1. The fourth-order valence-electron chi connectivity index (χ4n) is 4.16. The summed E-state index contributed by atoms with van der Waals surface area (Å²) in [7, 11) is 0. The van der Waals surface area contributed by atoms with Crippen LogP contribution in [0.3, 0.4) is 0 Å². The Labute approximate surface area is 183 Å². The van der Waals surface area contributed by atoms with Gasteiger partial charge in [0.1, 0.15) is 11.6 Å². The smallest absolute Gasteiger partial charge is 0.227 e. The van der Waals surface area contributed by atoms with Crippen LogP contribution in [0.25, 0.3) is 11.1 Å². The number of aromatic nitrogens is 3. The number of aryl methyl sites for hydroxylation is 1. The number of rotatable bonds is 6. The minimum atomic E-state index is -0.0474. The van der Waals surface area contributed by atoms with Crippen molar-refractivity contribution in [1.82, 2.24) is 19.9 Å². The van der Waals surface area contributed by atoms with E-state index in [1.54, 1.807) is 12.4 Å². The summed E-state index contributed by atoms with van der Waals surface area (Å²) in [5.74, 6) is 1.68. The third-order valence-electron chi connectivity index (χ3n) is 5.66. The second-order valence-electron chi connectivity index (χ2n) is 7.80. The number of carbonyl (C=O) groups excluding carboxylic acids is 1. The van der Waals surface area contributed by atoms with Gasteiger partial charge in [-0.15, -0.1) is 0 Å². The molecule has 1 aliphatic heterocycles. The maximum absolute atomic E-state index is 13.3. The molecule has 3 aromatic rings. The van der Waals surface area contributed by atoms with E-state index in [2.05, 4.69) is 9.97 Å². The molecule has 1 atom stereocenters. The van der Waals surface area contributed by atoms with Gasteiger partial charge in [0.05, 0.1) is 24.8 Å². The summed E-state index contributed by atoms with van der Waals surface area (Å²) < 4.78 is 5.51. The van der Waals surface area contributed by atoms with E-state index in [9.17, 15) is 4.79 Å². The summed E-state index contributed by atoms with van der Waals surface area (Å²) in [6.45, 7) is 5.24. The first-order valence-electron chi connectivity index (χ1n) is 10.9. The molecule has 0 bridgehead atoms. The number of pyridine rings is 1. The van der Waals surface area contributed by atoms with Crippen LogP contribution in [0.2, 0.25) is 0 Å². The molecule has 3 heterocycles. The summed E-state index contributed by atoms with van der Waals surface area (Å²) in [4.78, 5) is 28.7. The van der Waals surface area contributed by atoms with Gasteiger partial charge < -0.3 is 9.64 Å². The summed E-state index contributed by atoms with van der Waals surface area (Å²) in [5.41, 5.74) is 3.91. The van der Waals surface area contributed by atoms with E-state index in [1.807, 2.05) is 61.3 Å². The number of hydrogen-bond donors (Lipinski definition) is 0. The zero-order valence-corrected chi connectivity index (χ0v) is 18.1.